The Morgan fingerprint density at radius 2 is 1.91 bits per heavy atom. The molecule has 0 aliphatic carbocycles. The summed E-state index contributed by atoms with van der Waals surface area (Å²) < 4.78 is 12.1. The van der Waals surface area contributed by atoms with Crippen molar-refractivity contribution in [1.82, 2.24) is 10.2 Å². The van der Waals surface area contributed by atoms with E-state index in [-0.39, 0.29) is 5.70 Å². The molecule has 0 atom stereocenters. The van der Waals surface area contributed by atoms with Crippen LogP contribution in [0.25, 0.3) is 16.8 Å². The number of nitrogens with zero attached hydrogens (tertiary/aromatic N) is 1. The number of nitrogens with one attached hydrogen (secondary N) is 1. The van der Waals surface area contributed by atoms with Gasteiger partial charge in [0, 0.05) is 0 Å². The number of imide groups is 1. The maximum atomic E-state index is 12.4. The van der Waals surface area contributed by atoms with Crippen molar-refractivity contribution < 1.29 is 29.0 Å². The van der Waals surface area contributed by atoms with Crippen LogP contribution in [0.5, 0.6) is 11.5 Å². The molecule has 8 nitrogen and oxygen atoms in total. The Labute approximate surface area is 197 Å². The van der Waals surface area contributed by atoms with Crippen LogP contribution in [0.4, 0.5) is 4.79 Å². The molecular formula is C24H19BrN2O6. The molecular weight excluding hydrogens is 492 g/mol. The Kier molecular flexibility index (Phi) is 6.32. The van der Waals surface area contributed by atoms with Gasteiger partial charge in [0.1, 0.15) is 18.8 Å². The zero-order valence-corrected chi connectivity index (χ0v) is 19.1. The minimum absolute atomic E-state index is 0.0281. The van der Waals surface area contributed by atoms with Gasteiger partial charge in [-0.1, -0.05) is 42.5 Å². The van der Waals surface area contributed by atoms with E-state index in [4.69, 9.17) is 14.6 Å². The number of carboxylic acids is 1. The lowest BCUT2D eigenvalue weighted by atomic mass is 10.1. The van der Waals surface area contributed by atoms with Gasteiger partial charge in [-0.05, 0) is 56.0 Å². The van der Waals surface area contributed by atoms with Gasteiger partial charge in [0.25, 0.3) is 5.91 Å². The zero-order valence-electron chi connectivity index (χ0n) is 17.5. The van der Waals surface area contributed by atoms with Crippen molar-refractivity contribution in [2.45, 2.75) is 6.61 Å². The molecule has 0 unspecified atom stereocenters. The molecule has 3 aromatic carbocycles. The van der Waals surface area contributed by atoms with E-state index in [0.717, 1.165) is 16.3 Å². The molecule has 1 aliphatic rings. The van der Waals surface area contributed by atoms with E-state index in [1.165, 1.54) is 13.2 Å². The average Bonchev–Trinajstić information content (AvgIpc) is 3.05. The molecule has 4 rings (SSSR count). The third kappa shape index (κ3) is 4.68. The lowest BCUT2D eigenvalue weighted by Gasteiger charge is -2.15. The van der Waals surface area contributed by atoms with Gasteiger partial charge in [0.05, 0.1) is 11.6 Å². The first-order valence-corrected chi connectivity index (χ1v) is 10.7. The normalized spacial score (nSPS) is 14.6. The molecule has 3 amide bonds. The molecule has 0 bridgehead atoms. The van der Waals surface area contributed by atoms with Crippen LogP contribution < -0.4 is 14.8 Å². The quantitative estimate of drug-likeness (QED) is 0.365. The summed E-state index contributed by atoms with van der Waals surface area (Å²) in [6.45, 7) is -0.397. The largest absolute Gasteiger partial charge is 0.493 e. The van der Waals surface area contributed by atoms with Crippen molar-refractivity contribution in [2.75, 3.05) is 13.7 Å². The lowest BCUT2D eigenvalue weighted by molar-refractivity contribution is -0.140. The van der Waals surface area contributed by atoms with E-state index in [0.29, 0.717) is 33.0 Å². The summed E-state index contributed by atoms with van der Waals surface area (Å²) in [5.41, 5.74) is 1.54. The van der Waals surface area contributed by atoms with E-state index in [9.17, 15) is 14.4 Å². The third-order valence-electron chi connectivity index (χ3n) is 5.07. The highest BCUT2D eigenvalue weighted by Crippen LogP contribution is 2.38. The van der Waals surface area contributed by atoms with Gasteiger partial charge in [-0.25, -0.2) is 9.69 Å². The molecule has 0 spiro atoms. The highest BCUT2D eigenvalue weighted by molar-refractivity contribution is 9.10. The van der Waals surface area contributed by atoms with Crippen molar-refractivity contribution >= 4 is 50.7 Å². The summed E-state index contributed by atoms with van der Waals surface area (Å²) in [5, 5.41) is 13.5. The molecule has 0 aromatic heterocycles. The van der Waals surface area contributed by atoms with Crippen LogP contribution in [0.2, 0.25) is 0 Å². The number of halogens is 1. The molecule has 33 heavy (non-hydrogen) atoms. The number of ether oxygens (including phenoxy) is 2. The summed E-state index contributed by atoms with van der Waals surface area (Å²) >= 11 is 3.49. The molecule has 9 heteroatoms. The van der Waals surface area contributed by atoms with Gasteiger partial charge in [-0.3, -0.25) is 9.59 Å². The van der Waals surface area contributed by atoms with Crippen LogP contribution >= 0.6 is 15.9 Å². The number of methoxy groups -OCH3 is 1. The summed E-state index contributed by atoms with van der Waals surface area (Å²) in [5.74, 6) is -1.08. The number of carbonyl (C=O) groups is 3. The van der Waals surface area contributed by atoms with Crippen LogP contribution in [0, 0.1) is 0 Å². The standard InChI is InChI=1S/C24H19BrN2O6/c1-32-20-11-14(10-19-23(30)27(12-21(28)29)24(31)26-19)9-18(25)22(20)33-13-16-7-4-6-15-5-2-3-8-17(15)16/h2-11H,12-13H2,1H3,(H,26,31)(H,28,29)/b19-10-. The first-order valence-electron chi connectivity index (χ1n) is 9.90. The Morgan fingerprint density at radius 3 is 2.67 bits per heavy atom. The second-order valence-electron chi connectivity index (χ2n) is 7.23. The molecule has 1 aliphatic heterocycles. The van der Waals surface area contributed by atoms with Crippen LogP contribution in [-0.2, 0) is 16.2 Å². The maximum absolute atomic E-state index is 12.4. The molecule has 0 radical (unpaired) electrons. The number of carboxylic acid groups (broad SMARTS) is 1. The van der Waals surface area contributed by atoms with Crippen LogP contribution in [0.15, 0.2) is 64.8 Å². The number of hydrogen-bond acceptors (Lipinski definition) is 5. The summed E-state index contributed by atoms with van der Waals surface area (Å²) in [7, 11) is 1.50. The number of rotatable bonds is 7. The number of benzene rings is 3. The zero-order chi connectivity index (χ0) is 23.5. The molecule has 1 fully saturated rings. The van der Waals surface area contributed by atoms with E-state index in [1.807, 2.05) is 42.5 Å². The molecule has 2 N–H and O–H groups in total. The fraction of sp³-hybridized carbons (Fsp3) is 0.125. The molecule has 0 saturated carbocycles. The van der Waals surface area contributed by atoms with Crippen molar-refractivity contribution in [3.05, 3.63) is 75.9 Å². The molecule has 3 aromatic rings. The fourth-order valence-electron chi connectivity index (χ4n) is 3.55. The molecule has 168 valence electrons. The minimum Gasteiger partial charge on any atom is -0.493 e. The highest BCUT2D eigenvalue weighted by Gasteiger charge is 2.34. The number of aliphatic carboxylic acids is 1. The Bertz CT molecular complexity index is 1300. The Hall–Kier alpha value is -3.85. The van der Waals surface area contributed by atoms with Crippen LogP contribution in [0.3, 0.4) is 0 Å². The number of urea groups is 1. The van der Waals surface area contributed by atoms with E-state index in [2.05, 4.69) is 21.2 Å². The smallest absolute Gasteiger partial charge is 0.329 e. The van der Waals surface area contributed by atoms with Crippen LogP contribution in [0.1, 0.15) is 11.1 Å². The second-order valence-corrected chi connectivity index (χ2v) is 8.09. The van der Waals surface area contributed by atoms with E-state index < -0.39 is 24.5 Å². The van der Waals surface area contributed by atoms with Crippen molar-refractivity contribution in [3.63, 3.8) is 0 Å². The van der Waals surface area contributed by atoms with Crippen molar-refractivity contribution in [1.29, 1.82) is 0 Å². The number of hydrogen-bond donors (Lipinski definition) is 2. The Morgan fingerprint density at radius 1 is 1.15 bits per heavy atom. The molecule has 1 saturated heterocycles. The number of fused-ring (bicyclic) bond motifs is 1. The maximum Gasteiger partial charge on any atom is 0.329 e. The summed E-state index contributed by atoms with van der Waals surface area (Å²) in [6.07, 6.45) is 1.45. The van der Waals surface area contributed by atoms with Gasteiger partial charge in [-0.2, -0.15) is 0 Å². The van der Waals surface area contributed by atoms with Gasteiger partial charge in [0.15, 0.2) is 11.5 Å². The second kappa shape index (κ2) is 9.33. The fourth-order valence-corrected chi connectivity index (χ4v) is 4.12. The first-order chi connectivity index (χ1) is 15.9. The van der Waals surface area contributed by atoms with Gasteiger partial charge >= 0.3 is 12.0 Å². The molecule has 1 heterocycles. The minimum atomic E-state index is -1.28. The third-order valence-corrected chi connectivity index (χ3v) is 5.66. The summed E-state index contributed by atoms with van der Waals surface area (Å²) in [6, 6.07) is 16.6. The average molecular weight is 511 g/mol. The predicted octanol–water partition coefficient (Wildman–Crippen LogP) is 4.17. The van der Waals surface area contributed by atoms with Gasteiger partial charge in [0.2, 0.25) is 0 Å². The monoisotopic (exact) mass is 510 g/mol. The SMILES string of the molecule is COc1cc(/C=C2\NC(=O)N(CC(=O)O)C2=O)cc(Br)c1OCc1cccc2ccccc12. The Balaban J connectivity index is 1.59. The predicted molar refractivity (Wildman–Crippen MR) is 125 cm³/mol. The van der Waals surface area contributed by atoms with E-state index >= 15 is 0 Å². The topological polar surface area (TPSA) is 105 Å². The van der Waals surface area contributed by atoms with Crippen molar-refractivity contribution in [2.24, 2.45) is 0 Å². The highest BCUT2D eigenvalue weighted by atomic mass is 79.9. The van der Waals surface area contributed by atoms with E-state index in [1.54, 1.807) is 12.1 Å². The first kappa shape index (κ1) is 22.3. The van der Waals surface area contributed by atoms with Gasteiger partial charge in [-0.15, -0.1) is 0 Å². The van der Waals surface area contributed by atoms with Crippen LogP contribution in [-0.4, -0.2) is 41.6 Å². The summed E-state index contributed by atoms with van der Waals surface area (Å²) in [4.78, 5) is 35.8. The van der Waals surface area contributed by atoms with Gasteiger partial charge < -0.3 is 19.9 Å². The number of amides is 3. The van der Waals surface area contributed by atoms with Crippen molar-refractivity contribution in [3.8, 4) is 11.5 Å². The number of carbonyl (C=O) groups excluding carboxylic acids is 2. The lowest BCUT2D eigenvalue weighted by Crippen LogP contribution is -2.35.